The fraction of sp³-hybridized carbons (Fsp3) is 0.200. The highest BCUT2D eigenvalue weighted by Crippen LogP contribution is 2.20. The Bertz CT molecular complexity index is 650. The van der Waals surface area contributed by atoms with Gasteiger partial charge in [0.2, 0.25) is 0 Å². The second-order valence-electron chi connectivity index (χ2n) is 4.16. The highest BCUT2D eigenvalue weighted by atomic mass is 32.2. The van der Waals surface area contributed by atoms with Gasteiger partial charge in [-0.25, -0.2) is 0 Å². The molecule has 0 spiro atoms. The van der Waals surface area contributed by atoms with Crippen LogP contribution >= 0.6 is 0 Å². The standard InChI is InChI=1S/C15H16O5S/c1-18-11-12-19-13-7-9-15(10-8-13)21(16,17)20-14-5-3-2-4-6-14/h2-10H,11-12H2,1H3. The number of ether oxygens (including phenoxy) is 2. The van der Waals surface area contributed by atoms with Gasteiger partial charge in [-0.15, -0.1) is 0 Å². The first-order valence-electron chi connectivity index (χ1n) is 6.33. The first kappa shape index (κ1) is 15.3. The second kappa shape index (κ2) is 7.10. The highest BCUT2D eigenvalue weighted by Gasteiger charge is 2.16. The van der Waals surface area contributed by atoms with Gasteiger partial charge >= 0.3 is 10.1 Å². The molecule has 2 aromatic rings. The summed E-state index contributed by atoms with van der Waals surface area (Å²) in [5.74, 6) is 0.851. The Balaban J connectivity index is 2.06. The molecule has 0 amide bonds. The summed E-state index contributed by atoms with van der Waals surface area (Å²) in [6.07, 6.45) is 0. The molecule has 0 heterocycles. The van der Waals surface area contributed by atoms with E-state index in [2.05, 4.69) is 0 Å². The molecule has 0 unspecified atom stereocenters. The summed E-state index contributed by atoms with van der Waals surface area (Å²) >= 11 is 0. The first-order chi connectivity index (χ1) is 10.1. The van der Waals surface area contributed by atoms with Gasteiger partial charge in [-0.05, 0) is 36.4 Å². The van der Waals surface area contributed by atoms with Gasteiger partial charge in [-0.3, -0.25) is 0 Å². The van der Waals surface area contributed by atoms with Crippen LogP contribution in [-0.4, -0.2) is 28.7 Å². The zero-order valence-electron chi connectivity index (χ0n) is 11.6. The molecule has 0 fully saturated rings. The average Bonchev–Trinajstić information content (AvgIpc) is 2.49. The van der Waals surface area contributed by atoms with E-state index in [4.69, 9.17) is 13.7 Å². The summed E-state index contributed by atoms with van der Waals surface area (Å²) in [5.41, 5.74) is 0. The van der Waals surface area contributed by atoms with Crippen molar-refractivity contribution in [1.29, 1.82) is 0 Å². The molecular formula is C15H16O5S. The fourth-order valence-corrected chi connectivity index (χ4v) is 2.53. The molecule has 0 aliphatic rings. The largest absolute Gasteiger partial charge is 0.491 e. The van der Waals surface area contributed by atoms with Crippen LogP contribution in [-0.2, 0) is 14.9 Å². The maximum absolute atomic E-state index is 12.1. The Kier molecular flexibility index (Phi) is 5.19. The minimum Gasteiger partial charge on any atom is -0.491 e. The van der Waals surface area contributed by atoms with Crippen LogP contribution in [0.2, 0.25) is 0 Å². The maximum atomic E-state index is 12.1. The van der Waals surface area contributed by atoms with E-state index < -0.39 is 10.1 Å². The van der Waals surface area contributed by atoms with Crippen molar-refractivity contribution in [3.63, 3.8) is 0 Å². The molecule has 0 saturated heterocycles. The lowest BCUT2D eigenvalue weighted by molar-refractivity contribution is 0.146. The topological polar surface area (TPSA) is 61.8 Å². The number of hydrogen-bond acceptors (Lipinski definition) is 5. The van der Waals surface area contributed by atoms with Crippen LogP contribution < -0.4 is 8.92 Å². The van der Waals surface area contributed by atoms with Gasteiger partial charge in [0.05, 0.1) is 6.61 Å². The van der Waals surface area contributed by atoms with Crippen LogP contribution in [0.1, 0.15) is 0 Å². The van der Waals surface area contributed by atoms with Crippen LogP contribution in [0.4, 0.5) is 0 Å². The predicted molar refractivity (Wildman–Crippen MR) is 78.1 cm³/mol. The third-order valence-corrected chi connectivity index (χ3v) is 3.88. The van der Waals surface area contributed by atoms with Crippen molar-refractivity contribution in [3.05, 3.63) is 54.6 Å². The minimum absolute atomic E-state index is 0.0745. The third kappa shape index (κ3) is 4.47. The van der Waals surface area contributed by atoms with Crippen molar-refractivity contribution in [2.75, 3.05) is 20.3 Å². The maximum Gasteiger partial charge on any atom is 0.339 e. The van der Waals surface area contributed by atoms with E-state index in [9.17, 15) is 8.42 Å². The third-order valence-electron chi connectivity index (χ3n) is 2.62. The Morgan fingerprint density at radius 1 is 0.857 bits per heavy atom. The summed E-state index contributed by atoms with van der Waals surface area (Å²) in [5, 5.41) is 0. The lowest BCUT2D eigenvalue weighted by Gasteiger charge is -2.08. The van der Waals surface area contributed by atoms with E-state index in [0.717, 1.165) is 0 Å². The molecule has 0 aliphatic carbocycles. The van der Waals surface area contributed by atoms with E-state index >= 15 is 0 Å². The zero-order chi connectivity index (χ0) is 15.1. The van der Waals surface area contributed by atoms with Gasteiger partial charge in [-0.1, -0.05) is 18.2 Å². The van der Waals surface area contributed by atoms with E-state index in [1.807, 2.05) is 0 Å². The van der Waals surface area contributed by atoms with E-state index in [1.54, 1.807) is 49.6 Å². The normalized spacial score (nSPS) is 11.1. The first-order valence-corrected chi connectivity index (χ1v) is 7.74. The van der Waals surface area contributed by atoms with Crippen molar-refractivity contribution in [2.45, 2.75) is 4.90 Å². The molecule has 6 heteroatoms. The SMILES string of the molecule is COCCOc1ccc(S(=O)(=O)Oc2ccccc2)cc1. The Labute approximate surface area is 124 Å². The summed E-state index contributed by atoms with van der Waals surface area (Å²) in [4.78, 5) is 0.0745. The Morgan fingerprint density at radius 3 is 2.14 bits per heavy atom. The van der Waals surface area contributed by atoms with Crippen molar-refractivity contribution in [1.82, 2.24) is 0 Å². The minimum atomic E-state index is -3.84. The second-order valence-corrected chi connectivity index (χ2v) is 5.71. The van der Waals surface area contributed by atoms with Gasteiger partial charge in [0.1, 0.15) is 23.0 Å². The quantitative estimate of drug-likeness (QED) is 0.581. The molecule has 2 aromatic carbocycles. The van der Waals surface area contributed by atoms with Gasteiger partial charge in [-0.2, -0.15) is 8.42 Å². The molecule has 112 valence electrons. The molecule has 0 N–H and O–H groups in total. The monoisotopic (exact) mass is 308 g/mol. The van der Waals surface area contributed by atoms with Crippen LogP contribution in [0.3, 0.4) is 0 Å². The summed E-state index contributed by atoms with van der Waals surface area (Å²) < 4.78 is 39.5. The van der Waals surface area contributed by atoms with Crippen molar-refractivity contribution in [2.24, 2.45) is 0 Å². The Morgan fingerprint density at radius 2 is 1.52 bits per heavy atom. The van der Waals surface area contributed by atoms with Gasteiger partial charge in [0, 0.05) is 7.11 Å². The molecule has 0 radical (unpaired) electrons. The molecule has 21 heavy (non-hydrogen) atoms. The van der Waals surface area contributed by atoms with Gasteiger partial charge < -0.3 is 13.7 Å². The van der Waals surface area contributed by atoms with Crippen LogP contribution in [0.5, 0.6) is 11.5 Å². The van der Waals surface area contributed by atoms with E-state index in [0.29, 0.717) is 19.0 Å². The summed E-state index contributed by atoms with van der Waals surface area (Å²) in [6, 6.07) is 14.4. The molecule has 2 rings (SSSR count). The number of hydrogen-bond donors (Lipinski definition) is 0. The van der Waals surface area contributed by atoms with Crippen molar-refractivity contribution < 1.29 is 22.1 Å². The number of para-hydroxylation sites is 1. The van der Waals surface area contributed by atoms with E-state index in [1.165, 1.54) is 12.1 Å². The highest BCUT2D eigenvalue weighted by molar-refractivity contribution is 7.87. The molecule has 0 atom stereocenters. The lowest BCUT2D eigenvalue weighted by Crippen LogP contribution is -2.10. The molecule has 5 nitrogen and oxygen atoms in total. The molecular weight excluding hydrogens is 292 g/mol. The van der Waals surface area contributed by atoms with Crippen LogP contribution in [0.25, 0.3) is 0 Å². The number of benzene rings is 2. The number of methoxy groups -OCH3 is 1. The summed E-state index contributed by atoms with van der Waals surface area (Å²) in [7, 11) is -2.25. The van der Waals surface area contributed by atoms with E-state index in [-0.39, 0.29) is 10.6 Å². The fourth-order valence-electron chi connectivity index (χ4n) is 1.60. The number of rotatable bonds is 7. The predicted octanol–water partition coefficient (Wildman–Crippen LogP) is 2.48. The molecule has 0 aromatic heterocycles. The lowest BCUT2D eigenvalue weighted by atomic mass is 10.3. The molecule has 0 saturated carbocycles. The summed E-state index contributed by atoms with van der Waals surface area (Å²) in [6.45, 7) is 0.875. The molecule has 0 bridgehead atoms. The van der Waals surface area contributed by atoms with Crippen LogP contribution in [0.15, 0.2) is 59.5 Å². The smallest absolute Gasteiger partial charge is 0.339 e. The van der Waals surface area contributed by atoms with Crippen molar-refractivity contribution >= 4 is 10.1 Å². The van der Waals surface area contributed by atoms with Gasteiger partial charge in [0.25, 0.3) is 0 Å². The average molecular weight is 308 g/mol. The zero-order valence-corrected chi connectivity index (χ0v) is 12.4. The van der Waals surface area contributed by atoms with Gasteiger partial charge in [0.15, 0.2) is 0 Å². The Hall–Kier alpha value is -2.05. The van der Waals surface area contributed by atoms with Crippen LogP contribution in [0, 0.1) is 0 Å². The van der Waals surface area contributed by atoms with Crippen molar-refractivity contribution in [3.8, 4) is 11.5 Å². The molecule has 0 aliphatic heterocycles.